The molecule has 284 valence electrons. The number of likely N-dealkylation sites (N-methyl/N-ethyl adjacent to an activating group) is 1. The number of hydrogen-bond acceptors (Lipinski definition) is 5. The van der Waals surface area contributed by atoms with Gasteiger partial charge >= 0.3 is 7.82 Å². The molecule has 0 aliphatic rings. The number of rotatable bonds is 35. The summed E-state index contributed by atoms with van der Waals surface area (Å²) in [6, 6.07) is -0.854. The van der Waals surface area contributed by atoms with Crippen LogP contribution in [0.3, 0.4) is 0 Å². The molecule has 1 amide bonds. The topological polar surface area (TPSA) is 105 Å². The average Bonchev–Trinajstić information content (AvgIpc) is 3.03. The van der Waals surface area contributed by atoms with Gasteiger partial charge in [-0.2, -0.15) is 0 Å². The van der Waals surface area contributed by atoms with Gasteiger partial charge in [0.2, 0.25) is 5.91 Å². The smallest absolute Gasteiger partial charge is 0.387 e. The van der Waals surface area contributed by atoms with Crippen molar-refractivity contribution in [3.63, 3.8) is 0 Å². The lowest BCUT2D eigenvalue weighted by Crippen LogP contribution is -2.45. The van der Waals surface area contributed by atoms with E-state index in [2.05, 4.69) is 31.3 Å². The number of allylic oxidation sites excluding steroid dienone is 3. The summed E-state index contributed by atoms with van der Waals surface area (Å²) in [6.45, 7) is 4.65. The van der Waals surface area contributed by atoms with E-state index in [0.717, 1.165) is 44.9 Å². The maximum Gasteiger partial charge on any atom is 0.472 e. The number of aliphatic hydroxyl groups excluding tert-OH is 1. The second kappa shape index (κ2) is 31.9. The number of unbranched alkanes of at least 4 members (excludes halogenated alkanes) is 20. The van der Waals surface area contributed by atoms with Gasteiger partial charge in [-0.3, -0.25) is 13.8 Å². The van der Waals surface area contributed by atoms with E-state index < -0.39 is 20.0 Å². The Morgan fingerprint density at radius 3 is 1.67 bits per heavy atom. The Labute approximate surface area is 296 Å². The highest BCUT2D eigenvalue weighted by atomic mass is 31.2. The third kappa shape index (κ3) is 33.5. The molecular weight excluding hydrogens is 623 g/mol. The minimum atomic E-state index is -4.32. The van der Waals surface area contributed by atoms with E-state index in [1.165, 1.54) is 103 Å². The Balaban J connectivity index is 4.21. The molecule has 0 saturated carbocycles. The van der Waals surface area contributed by atoms with Crippen LogP contribution in [0, 0.1) is 0 Å². The Bertz CT molecular complexity index is 845. The van der Waals surface area contributed by atoms with Crippen LogP contribution in [0.15, 0.2) is 24.3 Å². The maximum atomic E-state index is 12.5. The molecule has 0 heterocycles. The molecule has 0 aromatic heterocycles. The fourth-order valence-corrected chi connectivity index (χ4v) is 6.20. The van der Waals surface area contributed by atoms with Crippen molar-refractivity contribution < 1.29 is 32.9 Å². The summed E-state index contributed by atoms with van der Waals surface area (Å²) in [7, 11) is 1.55. The molecule has 3 N–H and O–H groups in total. The van der Waals surface area contributed by atoms with Crippen LogP contribution in [0.25, 0.3) is 0 Å². The molecule has 48 heavy (non-hydrogen) atoms. The van der Waals surface area contributed by atoms with E-state index in [4.69, 9.17) is 9.05 Å². The third-order valence-electron chi connectivity index (χ3n) is 8.67. The first kappa shape index (κ1) is 47.0. The zero-order valence-corrected chi connectivity index (χ0v) is 32.9. The molecule has 0 fully saturated rings. The molecule has 0 aromatic carbocycles. The Morgan fingerprint density at radius 2 is 1.15 bits per heavy atom. The van der Waals surface area contributed by atoms with E-state index >= 15 is 0 Å². The molecule has 0 aliphatic heterocycles. The molecule has 0 spiro atoms. The number of carbonyl (C=O) groups excluding carboxylic acids is 1. The Kier molecular flexibility index (Phi) is 31.2. The summed E-state index contributed by atoms with van der Waals surface area (Å²) in [5.74, 6) is -0.206. The molecule has 0 bridgehead atoms. The highest BCUT2D eigenvalue weighted by Gasteiger charge is 2.27. The van der Waals surface area contributed by atoms with Crippen molar-refractivity contribution in [3.8, 4) is 0 Å². The maximum absolute atomic E-state index is 12.5. The summed E-state index contributed by atoms with van der Waals surface area (Å²) >= 11 is 0. The zero-order chi connectivity index (χ0) is 35.8. The molecule has 0 rings (SSSR count). The SMILES string of the molecule is CCCCCCCCCCCCCCCCCC/C=C/CC/C=C/C(O)C(COP(=O)(O)OCC[N+](C)(C)C)NC(=O)CCCCCC. The van der Waals surface area contributed by atoms with Crippen molar-refractivity contribution in [3.05, 3.63) is 24.3 Å². The van der Waals surface area contributed by atoms with E-state index in [-0.39, 0.29) is 19.1 Å². The number of phosphoric ester groups is 1. The van der Waals surface area contributed by atoms with Crippen LogP contribution >= 0.6 is 7.82 Å². The highest BCUT2D eigenvalue weighted by Crippen LogP contribution is 2.43. The molecule has 0 saturated heterocycles. The number of quaternary nitrogens is 1. The standard InChI is InChI=1S/C39H77N2O6P/c1-6-8-10-12-13-14-15-16-17-18-19-20-21-22-23-24-25-26-27-28-29-30-32-38(42)37(40-39(43)33-31-11-9-7-2)36-47-48(44,45)46-35-34-41(3,4)5/h26-27,30,32,37-38,42H,6-25,28-29,31,33-36H2,1-5H3,(H-,40,43,44,45)/p+1/b27-26+,32-30+. The normalized spacial score (nSPS) is 14.9. The zero-order valence-electron chi connectivity index (χ0n) is 32.0. The van der Waals surface area contributed by atoms with Gasteiger partial charge in [-0.1, -0.05) is 154 Å². The van der Waals surface area contributed by atoms with Crippen LogP contribution in [0.5, 0.6) is 0 Å². The third-order valence-corrected chi connectivity index (χ3v) is 9.66. The molecule has 0 radical (unpaired) electrons. The number of phosphoric acid groups is 1. The Hall–Kier alpha value is -1.02. The van der Waals surface area contributed by atoms with Gasteiger partial charge in [-0.15, -0.1) is 0 Å². The number of nitrogens with zero attached hydrogens (tertiary/aromatic N) is 1. The first-order valence-electron chi connectivity index (χ1n) is 19.7. The quantitative estimate of drug-likeness (QED) is 0.0263. The Morgan fingerprint density at radius 1 is 0.688 bits per heavy atom. The van der Waals surface area contributed by atoms with Gasteiger partial charge in [-0.25, -0.2) is 4.57 Å². The van der Waals surface area contributed by atoms with Gasteiger partial charge in [0, 0.05) is 6.42 Å². The van der Waals surface area contributed by atoms with Crippen molar-refractivity contribution in [2.24, 2.45) is 0 Å². The number of amides is 1. The summed E-state index contributed by atoms with van der Waals surface area (Å²) in [6.07, 6.45) is 36.0. The predicted octanol–water partition coefficient (Wildman–Crippen LogP) is 10.2. The summed E-state index contributed by atoms with van der Waals surface area (Å²) < 4.78 is 23.3. The summed E-state index contributed by atoms with van der Waals surface area (Å²) in [4.78, 5) is 22.6. The van der Waals surface area contributed by atoms with Crippen molar-refractivity contribution >= 4 is 13.7 Å². The van der Waals surface area contributed by atoms with Crippen molar-refractivity contribution in [1.29, 1.82) is 0 Å². The van der Waals surface area contributed by atoms with Crippen molar-refractivity contribution in [2.45, 2.75) is 180 Å². The van der Waals surface area contributed by atoms with Crippen molar-refractivity contribution in [1.82, 2.24) is 5.32 Å². The number of hydrogen-bond donors (Lipinski definition) is 3. The molecule has 3 unspecified atom stereocenters. The van der Waals surface area contributed by atoms with Crippen LogP contribution in [0.1, 0.15) is 168 Å². The molecule has 0 aliphatic carbocycles. The van der Waals surface area contributed by atoms with E-state index in [9.17, 15) is 19.4 Å². The first-order chi connectivity index (χ1) is 23.0. The second-order valence-corrected chi connectivity index (χ2v) is 16.1. The second-order valence-electron chi connectivity index (χ2n) is 14.7. The first-order valence-corrected chi connectivity index (χ1v) is 21.2. The largest absolute Gasteiger partial charge is 0.472 e. The van der Waals surface area contributed by atoms with E-state index in [1.807, 2.05) is 27.2 Å². The number of aliphatic hydroxyl groups is 1. The van der Waals surface area contributed by atoms with Gasteiger partial charge < -0.3 is 19.8 Å². The van der Waals surface area contributed by atoms with Gasteiger partial charge in [0.25, 0.3) is 0 Å². The number of carbonyl (C=O) groups is 1. The van der Waals surface area contributed by atoms with Crippen LogP contribution in [0.4, 0.5) is 0 Å². The van der Waals surface area contributed by atoms with Gasteiger partial charge in [0.1, 0.15) is 13.2 Å². The lowest BCUT2D eigenvalue weighted by molar-refractivity contribution is -0.870. The minimum Gasteiger partial charge on any atom is -0.387 e. The lowest BCUT2D eigenvalue weighted by Gasteiger charge is -2.25. The van der Waals surface area contributed by atoms with E-state index in [0.29, 0.717) is 17.4 Å². The molecule has 3 atom stereocenters. The summed E-state index contributed by atoms with van der Waals surface area (Å²) in [5.41, 5.74) is 0. The molecule has 0 aromatic rings. The van der Waals surface area contributed by atoms with Crippen LogP contribution < -0.4 is 5.32 Å². The van der Waals surface area contributed by atoms with E-state index in [1.54, 1.807) is 6.08 Å². The fourth-order valence-electron chi connectivity index (χ4n) is 5.47. The van der Waals surface area contributed by atoms with Crippen LogP contribution in [-0.4, -0.2) is 73.4 Å². The average molecular weight is 702 g/mol. The van der Waals surface area contributed by atoms with Gasteiger partial charge in [-0.05, 0) is 32.1 Å². The number of nitrogens with one attached hydrogen (secondary N) is 1. The van der Waals surface area contributed by atoms with Gasteiger partial charge in [0.05, 0.1) is 39.9 Å². The molecule has 8 nitrogen and oxygen atoms in total. The van der Waals surface area contributed by atoms with Crippen LogP contribution in [-0.2, 0) is 18.4 Å². The lowest BCUT2D eigenvalue weighted by atomic mass is 10.0. The molecular formula is C39H78N2O6P+. The monoisotopic (exact) mass is 702 g/mol. The highest BCUT2D eigenvalue weighted by molar-refractivity contribution is 7.47. The van der Waals surface area contributed by atoms with Crippen LogP contribution in [0.2, 0.25) is 0 Å². The predicted molar refractivity (Wildman–Crippen MR) is 203 cm³/mol. The van der Waals surface area contributed by atoms with Gasteiger partial charge in [0.15, 0.2) is 0 Å². The minimum absolute atomic E-state index is 0.0567. The summed E-state index contributed by atoms with van der Waals surface area (Å²) in [5, 5.41) is 13.6. The van der Waals surface area contributed by atoms with Crippen molar-refractivity contribution in [2.75, 3.05) is 40.9 Å². The fraction of sp³-hybridized carbons (Fsp3) is 0.872. The molecule has 9 heteroatoms.